The summed E-state index contributed by atoms with van der Waals surface area (Å²) in [5.74, 6) is -0.000611. The van der Waals surface area contributed by atoms with E-state index in [-0.39, 0.29) is 17.9 Å². The molecule has 0 aliphatic heterocycles. The molecule has 0 aliphatic carbocycles. The summed E-state index contributed by atoms with van der Waals surface area (Å²) in [4.78, 5) is 11.8. The Morgan fingerprint density at radius 3 is 2.79 bits per heavy atom. The number of hydrogen-bond acceptors (Lipinski definition) is 2. The van der Waals surface area contributed by atoms with Gasteiger partial charge in [0, 0.05) is 18.2 Å². The first-order valence-electron chi connectivity index (χ1n) is 6.55. The predicted octanol–water partition coefficient (Wildman–Crippen LogP) is 2.80. The van der Waals surface area contributed by atoms with E-state index in [9.17, 15) is 4.79 Å². The van der Waals surface area contributed by atoms with Crippen LogP contribution in [0.1, 0.15) is 32.3 Å². The molecule has 19 heavy (non-hydrogen) atoms. The number of halogens is 1. The van der Waals surface area contributed by atoms with E-state index in [1.165, 1.54) is 0 Å². The minimum atomic E-state index is -0.000611. The van der Waals surface area contributed by atoms with E-state index in [2.05, 4.69) is 19.2 Å². The maximum absolute atomic E-state index is 11.8. The van der Waals surface area contributed by atoms with Crippen molar-refractivity contribution in [2.75, 3.05) is 13.2 Å². The SMILES string of the molecule is CC(C)(CCCO)CNC(=O)Cc1cccc(Cl)c1. The van der Waals surface area contributed by atoms with E-state index in [0.29, 0.717) is 18.0 Å². The predicted molar refractivity (Wildman–Crippen MR) is 78.3 cm³/mol. The molecule has 2 N–H and O–H groups in total. The van der Waals surface area contributed by atoms with E-state index < -0.39 is 0 Å². The molecule has 0 saturated carbocycles. The number of carbonyl (C=O) groups excluding carboxylic acids is 1. The van der Waals surface area contributed by atoms with Crippen LogP contribution in [0.15, 0.2) is 24.3 Å². The van der Waals surface area contributed by atoms with Crippen molar-refractivity contribution in [1.29, 1.82) is 0 Å². The van der Waals surface area contributed by atoms with Crippen LogP contribution in [-0.2, 0) is 11.2 Å². The average molecular weight is 284 g/mol. The quantitative estimate of drug-likeness (QED) is 0.808. The van der Waals surface area contributed by atoms with Gasteiger partial charge in [0.25, 0.3) is 0 Å². The molecule has 1 aromatic rings. The van der Waals surface area contributed by atoms with Gasteiger partial charge in [0.2, 0.25) is 5.91 Å². The van der Waals surface area contributed by atoms with E-state index in [1.54, 1.807) is 12.1 Å². The Morgan fingerprint density at radius 2 is 2.16 bits per heavy atom. The Morgan fingerprint density at radius 1 is 1.42 bits per heavy atom. The molecule has 0 unspecified atom stereocenters. The van der Waals surface area contributed by atoms with Crippen LogP contribution in [0.3, 0.4) is 0 Å². The van der Waals surface area contributed by atoms with E-state index in [4.69, 9.17) is 16.7 Å². The molecule has 0 spiro atoms. The lowest BCUT2D eigenvalue weighted by molar-refractivity contribution is -0.120. The first-order valence-corrected chi connectivity index (χ1v) is 6.93. The van der Waals surface area contributed by atoms with Gasteiger partial charge in [0.1, 0.15) is 0 Å². The summed E-state index contributed by atoms with van der Waals surface area (Å²) in [5.41, 5.74) is 0.922. The maximum Gasteiger partial charge on any atom is 0.224 e. The summed E-state index contributed by atoms with van der Waals surface area (Å²) in [6.07, 6.45) is 1.99. The number of hydrogen-bond donors (Lipinski definition) is 2. The number of carbonyl (C=O) groups is 1. The fourth-order valence-electron chi connectivity index (χ4n) is 1.88. The molecule has 1 aromatic carbocycles. The summed E-state index contributed by atoms with van der Waals surface area (Å²) < 4.78 is 0. The van der Waals surface area contributed by atoms with Gasteiger partial charge in [-0.25, -0.2) is 0 Å². The molecular weight excluding hydrogens is 262 g/mol. The molecule has 4 heteroatoms. The molecule has 1 rings (SSSR count). The van der Waals surface area contributed by atoms with Gasteiger partial charge in [-0.2, -0.15) is 0 Å². The summed E-state index contributed by atoms with van der Waals surface area (Å²) in [5, 5.41) is 12.4. The van der Waals surface area contributed by atoms with Crippen LogP contribution in [-0.4, -0.2) is 24.2 Å². The lowest BCUT2D eigenvalue weighted by atomic mass is 9.88. The molecular formula is C15H22ClNO2. The molecule has 0 atom stereocenters. The van der Waals surface area contributed by atoms with E-state index >= 15 is 0 Å². The van der Waals surface area contributed by atoms with Gasteiger partial charge in [-0.3, -0.25) is 4.79 Å². The van der Waals surface area contributed by atoms with Crippen molar-refractivity contribution in [2.24, 2.45) is 5.41 Å². The molecule has 0 radical (unpaired) electrons. The van der Waals surface area contributed by atoms with E-state index in [0.717, 1.165) is 18.4 Å². The average Bonchev–Trinajstić information content (AvgIpc) is 2.34. The third-order valence-corrected chi connectivity index (χ3v) is 3.26. The normalized spacial score (nSPS) is 11.4. The summed E-state index contributed by atoms with van der Waals surface area (Å²) in [7, 11) is 0. The Hall–Kier alpha value is -1.06. The number of rotatable bonds is 7. The third kappa shape index (κ3) is 6.60. The number of aliphatic hydroxyl groups is 1. The van der Waals surface area contributed by atoms with Crippen molar-refractivity contribution >= 4 is 17.5 Å². The summed E-state index contributed by atoms with van der Waals surface area (Å²) in [6.45, 7) is 4.98. The summed E-state index contributed by atoms with van der Waals surface area (Å²) >= 11 is 5.88. The Labute approximate surface area is 120 Å². The zero-order valence-corrected chi connectivity index (χ0v) is 12.3. The zero-order chi connectivity index (χ0) is 14.3. The van der Waals surface area contributed by atoms with Gasteiger partial charge in [-0.15, -0.1) is 0 Å². The molecule has 3 nitrogen and oxygen atoms in total. The van der Waals surface area contributed by atoms with Gasteiger partial charge in [-0.1, -0.05) is 37.6 Å². The highest BCUT2D eigenvalue weighted by molar-refractivity contribution is 6.30. The molecule has 0 aromatic heterocycles. The van der Waals surface area contributed by atoms with Crippen LogP contribution in [0.5, 0.6) is 0 Å². The van der Waals surface area contributed by atoms with Crippen LogP contribution in [0, 0.1) is 5.41 Å². The smallest absolute Gasteiger partial charge is 0.224 e. The van der Waals surface area contributed by atoms with Crippen molar-refractivity contribution in [1.82, 2.24) is 5.32 Å². The standard InChI is InChI=1S/C15H22ClNO2/c1-15(2,7-4-8-18)11-17-14(19)10-12-5-3-6-13(16)9-12/h3,5-6,9,18H,4,7-8,10-11H2,1-2H3,(H,17,19). The van der Waals surface area contributed by atoms with Crippen molar-refractivity contribution in [2.45, 2.75) is 33.1 Å². The first kappa shape index (κ1) is 16.0. The lowest BCUT2D eigenvalue weighted by Gasteiger charge is -2.24. The van der Waals surface area contributed by atoms with Crippen LogP contribution >= 0.6 is 11.6 Å². The second-order valence-corrected chi connectivity index (χ2v) is 6.01. The van der Waals surface area contributed by atoms with Crippen molar-refractivity contribution in [3.8, 4) is 0 Å². The van der Waals surface area contributed by atoms with Crippen LogP contribution < -0.4 is 5.32 Å². The highest BCUT2D eigenvalue weighted by Crippen LogP contribution is 2.20. The van der Waals surface area contributed by atoms with Gasteiger partial charge in [0.15, 0.2) is 0 Å². The number of aliphatic hydroxyl groups excluding tert-OH is 1. The minimum Gasteiger partial charge on any atom is -0.396 e. The topological polar surface area (TPSA) is 49.3 Å². The number of amides is 1. The molecule has 1 amide bonds. The third-order valence-electron chi connectivity index (χ3n) is 3.03. The largest absolute Gasteiger partial charge is 0.396 e. The number of benzene rings is 1. The van der Waals surface area contributed by atoms with Gasteiger partial charge < -0.3 is 10.4 Å². The summed E-state index contributed by atoms with van der Waals surface area (Å²) in [6, 6.07) is 7.33. The molecule has 0 aliphatic rings. The molecule has 0 heterocycles. The zero-order valence-electron chi connectivity index (χ0n) is 11.6. The minimum absolute atomic E-state index is 0.000611. The Balaban J connectivity index is 2.39. The second-order valence-electron chi connectivity index (χ2n) is 5.57. The molecule has 0 bridgehead atoms. The van der Waals surface area contributed by atoms with E-state index in [1.807, 2.05) is 12.1 Å². The van der Waals surface area contributed by atoms with Crippen molar-refractivity contribution in [3.63, 3.8) is 0 Å². The monoisotopic (exact) mass is 283 g/mol. The number of nitrogens with one attached hydrogen (secondary N) is 1. The van der Waals surface area contributed by atoms with Gasteiger partial charge in [0.05, 0.1) is 6.42 Å². The fourth-order valence-corrected chi connectivity index (χ4v) is 2.09. The Kier molecular flexibility index (Phi) is 6.32. The van der Waals surface area contributed by atoms with Crippen LogP contribution in [0.2, 0.25) is 5.02 Å². The Bertz CT molecular complexity index is 418. The molecule has 0 saturated heterocycles. The second kappa shape index (κ2) is 7.51. The van der Waals surface area contributed by atoms with Crippen molar-refractivity contribution < 1.29 is 9.90 Å². The molecule has 106 valence electrons. The van der Waals surface area contributed by atoms with Crippen LogP contribution in [0.25, 0.3) is 0 Å². The highest BCUT2D eigenvalue weighted by Gasteiger charge is 2.18. The fraction of sp³-hybridized carbons (Fsp3) is 0.533. The maximum atomic E-state index is 11.8. The first-order chi connectivity index (χ1) is 8.93. The lowest BCUT2D eigenvalue weighted by Crippen LogP contribution is -2.35. The highest BCUT2D eigenvalue weighted by atomic mass is 35.5. The van der Waals surface area contributed by atoms with Gasteiger partial charge in [-0.05, 0) is 36.0 Å². The van der Waals surface area contributed by atoms with Crippen molar-refractivity contribution in [3.05, 3.63) is 34.9 Å². The van der Waals surface area contributed by atoms with Gasteiger partial charge >= 0.3 is 0 Å². The molecule has 0 fully saturated rings. The van der Waals surface area contributed by atoms with Crippen LogP contribution in [0.4, 0.5) is 0 Å².